The fraction of sp³-hybridized carbons (Fsp3) is 0.214. The highest BCUT2D eigenvalue weighted by molar-refractivity contribution is 7.92. The molecule has 186 valence electrons. The van der Waals surface area contributed by atoms with Crippen molar-refractivity contribution in [2.24, 2.45) is 0 Å². The summed E-state index contributed by atoms with van der Waals surface area (Å²) in [6.45, 7) is 3.88. The fourth-order valence-corrected chi connectivity index (χ4v) is 5.52. The molecule has 0 aliphatic heterocycles. The molecule has 0 aliphatic carbocycles. The zero-order valence-corrected chi connectivity index (χ0v) is 21.9. The molecule has 6 nitrogen and oxygen atoms in total. The SMILES string of the molecule is CCCCc1ccc(NS(=O)(=O)c2ccc(C)c(C(=O)OCc3csc(-c4ccccc4)n3)c2)cc1. The van der Waals surface area contributed by atoms with Crippen molar-refractivity contribution in [1.29, 1.82) is 0 Å². The summed E-state index contributed by atoms with van der Waals surface area (Å²) in [5.74, 6) is -0.598. The molecule has 0 radical (unpaired) electrons. The molecule has 1 heterocycles. The van der Waals surface area contributed by atoms with Crippen molar-refractivity contribution in [1.82, 2.24) is 4.98 Å². The third kappa shape index (κ3) is 6.38. The number of unbranched alkanes of at least 4 members (excludes halogenated alkanes) is 1. The van der Waals surface area contributed by atoms with Gasteiger partial charge in [0.15, 0.2) is 0 Å². The number of carbonyl (C=O) groups is 1. The number of esters is 1. The zero-order valence-electron chi connectivity index (χ0n) is 20.2. The van der Waals surface area contributed by atoms with Crippen molar-refractivity contribution in [3.63, 3.8) is 0 Å². The summed E-state index contributed by atoms with van der Waals surface area (Å²) in [6, 6.07) is 21.6. The van der Waals surface area contributed by atoms with Gasteiger partial charge in [-0.3, -0.25) is 4.72 Å². The molecule has 0 aliphatic rings. The molecule has 0 fully saturated rings. The lowest BCUT2D eigenvalue weighted by molar-refractivity contribution is 0.0467. The van der Waals surface area contributed by atoms with Crippen molar-refractivity contribution >= 4 is 33.0 Å². The van der Waals surface area contributed by atoms with Crippen molar-refractivity contribution < 1.29 is 17.9 Å². The molecule has 36 heavy (non-hydrogen) atoms. The van der Waals surface area contributed by atoms with Crippen LogP contribution in [-0.4, -0.2) is 19.4 Å². The van der Waals surface area contributed by atoms with Crippen LogP contribution in [0.1, 0.15) is 46.9 Å². The summed E-state index contributed by atoms with van der Waals surface area (Å²) in [6.07, 6.45) is 3.15. The van der Waals surface area contributed by atoms with Gasteiger partial charge in [-0.05, 0) is 55.2 Å². The first kappa shape index (κ1) is 25.6. The summed E-state index contributed by atoms with van der Waals surface area (Å²) in [5.41, 5.74) is 4.09. The number of nitrogens with one attached hydrogen (secondary N) is 1. The summed E-state index contributed by atoms with van der Waals surface area (Å²) in [5, 5.41) is 2.69. The standard InChI is InChI=1S/C28H28N2O4S2/c1-3-4-8-21-12-14-23(15-13-21)30-36(32,33)25-16-11-20(2)26(17-25)28(31)34-18-24-19-35-27(29-24)22-9-6-5-7-10-22/h5-7,9-17,19,30H,3-4,8,18H2,1-2H3. The van der Waals surface area contributed by atoms with Crippen LogP contribution < -0.4 is 4.72 Å². The lowest BCUT2D eigenvalue weighted by Crippen LogP contribution is -2.15. The van der Waals surface area contributed by atoms with Crippen molar-refractivity contribution in [2.75, 3.05) is 4.72 Å². The number of hydrogen-bond donors (Lipinski definition) is 1. The molecule has 0 spiro atoms. The van der Waals surface area contributed by atoms with Crippen LogP contribution in [0.25, 0.3) is 10.6 Å². The third-order valence-electron chi connectivity index (χ3n) is 5.69. The minimum absolute atomic E-state index is 0.00120. The summed E-state index contributed by atoms with van der Waals surface area (Å²) in [4.78, 5) is 17.3. The van der Waals surface area contributed by atoms with Gasteiger partial charge in [-0.25, -0.2) is 18.2 Å². The van der Waals surface area contributed by atoms with E-state index in [0.717, 1.165) is 35.4 Å². The first-order valence-corrected chi connectivity index (χ1v) is 14.1. The van der Waals surface area contributed by atoms with Gasteiger partial charge in [-0.2, -0.15) is 0 Å². The number of thiazole rings is 1. The predicted molar refractivity (Wildman–Crippen MR) is 144 cm³/mol. The first-order chi connectivity index (χ1) is 17.4. The van der Waals surface area contributed by atoms with Crippen LogP contribution in [0.15, 0.2) is 83.1 Å². The lowest BCUT2D eigenvalue weighted by Gasteiger charge is -2.12. The molecule has 0 bridgehead atoms. The van der Waals surface area contributed by atoms with Crippen molar-refractivity contribution in [3.05, 3.63) is 101 Å². The van der Waals surface area contributed by atoms with Gasteiger partial charge in [0.25, 0.3) is 10.0 Å². The van der Waals surface area contributed by atoms with Gasteiger partial charge in [0.05, 0.1) is 16.2 Å². The highest BCUT2D eigenvalue weighted by Gasteiger charge is 2.19. The van der Waals surface area contributed by atoms with Gasteiger partial charge < -0.3 is 4.74 Å². The Bertz CT molecular complexity index is 1430. The van der Waals surface area contributed by atoms with Gasteiger partial charge in [0.1, 0.15) is 11.6 Å². The number of sulfonamides is 1. The van der Waals surface area contributed by atoms with Gasteiger partial charge in [-0.1, -0.05) is 61.9 Å². The Kier molecular flexibility index (Phi) is 8.18. The molecule has 4 rings (SSSR count). The van der Waals surface area contributed by atoms with E-state index in [-0.39, 0.29) is 17.1 Å². The highest BCUT2D eigenvalue weighted by Crippen LogP contribution is 2.24. The van der Waals surface area contributed by atoms with E-state index in [2.05, 4.69) is 16.6 Å². The van der Waals surface area contributed by atoms with Gasteiger partial charge >= 0.3 is 5.97 Å². The van der Waals surface area contributed by atoms with E-state index in [1.54, 1.807) is 25.1 Å². The summed E-state index contributed by atoms with van der Waals surface area (Å²) >= 11 is 1.47. The number of nitrogens with zero attached hydrogens (tertiary/aromatic N) is 1. The second-order valence-corrected chi connectivity index (χ2v) is 11.0. The fourth-order valence-electron chi connectivity index (χ4n) is 3.63. The number of rotatable bonds is 10. The molecule has 1 N–H and O–H groups in total. The molecule has 0 saturated heterocycles. The number of ether oxygens (including phenoxy) is 1. The van der Waals surface area contributed by atoms with Crippen LogP contribution in [-0.2, 0) is 27.8 Å². The van der Waals surface area contributed by atoms with E-state index < -0.39 is 16.0 Å². The average Bonchev–Trinajstić information content (AvgIpc) is 3.36. The van der Waals surface area contributed by atoms with Crippen LogP contribution >= 0.6 is 11.3 Å². The number of carbonyl (C=O) groups excluding carboxylic acids is 1. The quantitative estimate of drug-likeness (QED) is 0.238. The van der Waals surface area contributed by atoms with Crippen LogP contribution in [0.3, 0.4) is 0 Å². The van der Waals surface area contributed by atoms with Crippen molar-refractivity contribution in [3.8, 4) is 10.6 Å². The maximum absolute atomic E-state index is 13.0. The van der Waals surface area contributed by atoms with Crippen LogP contribution in [0.2, 0.25) is 0 Å². The van der Waals surface area contributed by atoms with Gasteiger partial charge in [0.2, 0.25) is 0 Å². The second kappa shape index (κ2) is 11.5. The maximum Gasteiger partial charge on any atom is 0.338 e. The van der Waals surface area contributed by atoms with Crippen LogP contribution in [0, 0.1) is 6.92 Å². The van der Waals surface area contributed by atoms with Gasteiger partial charge in [-0.15, -0.1) is 11.3 Å². The van der Waals surface area contributed by atoms with Crippen molar-refractivity contribution in [2.45, 2.75) is 44.6 Å². The Morgan fingerprint density at radius 2 is 1.78 bits per heavy atom. The molecule has 4 aromatic rings. The predicted octanol–water partition coefficient (Wildman–Crippen LogP) is 6.62. The molecule has 1 aromatic heterocycles. The molecular weight excluding hydrogens is 492 g/mol. The average molecular weight is 521 g/mol. The number of anilines is 1. The minimum Gasteiger partial charge on any atom is -0.456 e. The number of benzene rings is 3. The molecule has 0 saturated carbocycles. The summed E-state index contributed by atoms with van der Waals surface area (Å²) in [7, 11) is -3.88. The Morgan fingerprint density at radius 1 is 1.03 bits per heavy atom. The number of hydrogen-bond acceptors (Lipinski definition) is 6. The Balaban J connectivity index is 1.43. The highest BCUT2D eigenvalue weighted by atomic mass is 32.2. The van der Waals surface area contributed by atoms with Gasteiger partial charge in [0, 0.05) is 16.6 Å². The zero-order chi connectivity index (χ0) is 25.5. The Hall–Kier alpha value is -3.49. The smallest absolute Gasteiger partial charge is 0.338 e. The van der Waals surface area contributed by atoms with Crippen LogP contribution in [0.5, 0.6) is 0 Å². The molecule has 0 amide bonds. The largest absolute Gasteiger partial charge is 0.456 e. The monoisotopic (exact) mass is 520 g/mol. The lowest BCUT2D eigenvalue weighted by atomic mass is 10.1. The normalized spacial score (nSPS) is 11.3. The number of aromatic nitrogens is 1. The van der Waals surface area contributed by atoms with E-state index in [0.29, 0.717) is 16.9 Å². The molecule has 3 aromatic carbocycles. The van der Waals surface area contributed by atoms with E-state index in [1.165, 1.54) is 23.5 Å². The van der Waals surface area contributed by atoms with E-state index in [1.807, 2.05) is 47.8 Å². The maximum atomic E-state index is 13.0. The van der Waals surface area contributed by atoms with E-state index in [9.17, 15) is 13.2 Å². The molecule has 8 heteroatoms. The number of aryl methyl sites for hydroxylation is 2. The summed E-state index contributed by atoms with van der Waals surface area (Å²) < 4.78 is 34.0. The van der Waals surface area contributed by atoms with E-state index in [4.69, 9.17) is 4.74 Å². The second-order valence-electron chi connectivity index (χ2n) is 8.47. The molecular formula is C28H28N2O4S2. The first-order valence-electron chi connectivity index (χ1n) is 11.7. The molecule has 0 unspecified atom stereocenters. The Morgan fingerprint density at radius 3 is 2.50 bits per heavy atom. The minimum atomic E-state index is -3.88. The topological polar surface area (TPSA) is 85.4 Å². The van der Waals surface area contributed by atoms with E-state index >= 15 is 0 Å². The Labute approximate surface area is 216 Å². The third-order valence-corrected chi connectivity index (χ3v) is 8.01. The molecule has 0 atom stereocenters. The van der Waals surface area contributed by atoms with Crippen LogP contribution in [0.4, 0.5) is 5.69 Å².